The predicted molar refractivity (Wildman–Crippen MR) is 115 cm³/mol. The van der Waals surface area contributed by atoms with E-state index in [9.17, 15) is 9.18 Å². The highest BCUT2D eigenvalue weighted by molar-refractivity contribution is 7.71. The number of hydrogen-bond donors (Lipinski definition) is 2. The zero-order valence-electron chi connectivity index (χ0n) is 16.8. The number of ether oxygens (including phenoxy) is 2. The molecule has 0 radical (unpaired) electrons. The number of benzene rings is 2. The Kier molecular flexibility index (Phi) is 7.31. The third-order valence-corrected chi connectivity index (χ3v) is 4.67. The van der Waals surface area contributed by atoms with Crippen molar-refractivity contribution >= 4 is 23.8 Å². The molecule has 3 aromatic rings. The van der Waals surface area contributed by atoms with Gasteiger partial charge in [-0.15, -0.1) is 0 Å². The first-order valence-corrected chi connectivity index (χ1v) is 9.82. The smallest absolute Gasteiger partial charge is 0.226 e. The molecule has 9 heteroatoms. The summed E-state index contributed by atoms with van der Waals surface area (Å²) in [5, 5.41) is 9.75. The van der Waals surface area contributed by atoms with Crippen LogP contribution in [-0.4, -0.2) is 41.0 Å². The fraction of sp³-hybridized carbons (Fsp3) is 0.286. The van der Waals surface area contributed by atoms with E-state index in [4.69, 9.17) is 21.7 Å². The molecule has 7 nitrogen and oxygen atoms in total. The maximum absolute atomic E-state index is 14.1. The summed E-state index contributed by atoms with van der Waals surface area (Å²) in [4.78, 5) is 12.4. The van der Waals surface area contributed by atoms with E-state index in [2.05, 4.69) is 15.5 Å². The number of rotatable bonds is 9. The highest BCUT2D eigenvalue weighted by atomic mass is 32.1. The van der Waals surface area contributed by atoms with Gasteiger partial charge >= 0.3 is 0 Å². The van der Waals surface area contributed by atoms with Crippen LogP contribution in [0.25, 0.3) is 11.4 Å². The first-order valence-electron chi connectivity index (χ1n) is 9.41. The van der Waals surface area contributed by atoms with Gasteiger partial charge < -0.3 is 14.8 Å². The first-order chi connectivity index (χ1) is 14.5. The van der Waals surface area contributed by atoms with Gasteiger partial charge in [0.2, 0.25) is 5.91 Å². The number of carbonyl (C=O) groups excluding carboxylic acids is 1. The van der Waals surface area contributed by atoms with Crippen molar-refractivity contribution < 1.29 is 18.7 Å². The SMILES string of the molecule is COCCOc1ccc(NC(=O)CCn2c(-c3cccc(C)c3)n[nH]c2=S)cc1F. The van der Waals surface area contributed by atoms with E-state index >= 15 is 0 Å². The topological polar surface area (TPSA) is 81.2 Å². The van der Waals surface area contributed by atoms with Crippen LogP contribution in [0.1, 0.15) is 12.0 Å². The van der Waals surface area contributed by atoms with Crippen LogP contribution >= 0.6 is 12.2 Å². The maximum Gasteiger partial charge on any atom is 0.226 e. The Morgan fingerprint density at radius 3 is 2.83 bits per heavy atom. The van der Waals surface area contributed by atoms with E-state index in [1.807, 2.05) is 31.2 Å². The second kappa shape index (κ2) is 10.1. The molecular formula is C21H23FN4O3S. The zero-order valence-corrected chi connectivity index (χ0v) is 17.6. The number of aromatic amines is 1. The number of nitrogens with one attached hydrogen (secondary N) is 2. The summed E-state index contributed by atoms with van der Waals surface area (Å²) in [5.41, 5.74) is 2.36. The average Bonchev–Trinajstić information content (AvgIpc) is 3.08. The molecule has 0 unspecified atom stereocenters. The van der Waals surface area contributed by atoms with Crippen LogP contribution in [0.2, 0.25) is 0 Å². The fourth-order valence-electron chi connectivity index (χ4n) is 2.90. The van der Waals surface area contributed by atoms with Gasteiger partial charge in [0.1, 0.15) is 6.61 Å². The zero-order chi connectivity index (χ0) is 21.5. The number of methoxy groups -OCH3 is 1. The van der Waals surface area contributed by atoms with Crippen molar-refractivity contribution in [2.75, 3.05) is 25.6 Å². The third kappa shape index (κ3) is 5.52. The Morgan fingerprint density at radius 1 is 1.27 bits per heavy atom. The molecule has 0 aliphatic heterocycles. The monoisotopic (exact) mass is 430 g/mol. The van der Waals surface area contributed by atoms with E-state index in [0.717, 1.165) is 11.1 Å². The van der Waals surface area contributed by atoms with Gasteiger partial charge in [0.15, 0.2) is 22.2 Å². The summed E-state index contributed by atoms with van der Waals surface area (Å²) in [5.74, 6) is -0.0407. The standard InChI is InChI=1S/C21H23FN4O3S/c1-14-4-3-5-15(12-14)20-24-25-21(30)26(20)9-8-19(27)23-16-6-7-18(17(22)13-16)29-11-10-28-2/h3-7,12-13H,8-11H2,1-2H3,(H,23,27)(H,25,30). The lowest BCUT2D eigenvalue weighted by atomic mass is 10.1. The van der Waals surface area contributed by atoms with E-state index in [1.165, 1.54) is 12.1 Å². The Labute approximate surface area is 178 Å². The molecule has 1 amide bonds. The highest BCUT2D eigenvalue weighted by Crippen LogP contribution is 2.22. The Bertz CT molecular complexity index is 1080. The number of aryl methyl sites for hydroxylation is 1. The molecule has 0 saturated heterocycles. The van der Waals surface area contributed by atoms with Gasteiger partial charge in [-0.25, -0.2) is 4.39 Å². The van der Waals surface area contributed by atoms with Crippen LogP contribution in [0.4, 0.5) is 10.1 Å². The van der Waals surface area contributed by atoms with Crippen LogP contribution < -0.4 is 10.1 Å². The van der Waals surface area contributed by atoms with Gasteiger partial charge in [-0.2, -0.15) is 5.10 Å². The van der Waals surface area contributed by atoms with E-state index in [0.29, 0.717) is 29.4 Å². The van der Waals surface area contributed by atoms with Gasteiger partial charge in [-0.3, -0.25) is 14.5 Å². The van der Waals surface area contributed by atoms with Crippen molar-refractivity contribution in [1.82, 2.24) is 14.8 Å². The second-order valence-electron chi connectivity index (χ2n) is 6.66. The quantitative estimate of drug-likeness (QED) is 0.394. The van der Waals surface area contributed by atoms with Gasteiger partial charge in [0, 0.05) is 37.4 Å². The van der Waals surface area contributed by atoms with Crippen molar-refractivity contribution in [2.45, 2.75) is 19.9 Å². The lowest BCUT2D eigenvalue weighted by molar-refractivity contribution is -0.116. The van der Waals surface area contributed by atoms with Gasteiger partial charge in [0.25, 0.3) is 0 Å². The molecule has 2 aromatic carbocycles. The molecule has 3 rings (SSSR count). The predicted octanol–water partition coefficient (Wildman–Crippen LogP) is 4.11. The first kappa shape index (κ1) is 21.7. The number of halogens is 1. The summed E-state index contributed by atoms with van der Waals surface area (Å²) in [6.07, 6.45) is 0.153. The number of H-pyrrole nitrogens is 1. The van der Waals surface area contributed by atoms with Crippen LogP contribution in [0, 0.1) is 17.5 Å². The average molecular weight is 431 g/mol. The largest absolute Gasteiger partial charge is 0.488 e. The lowest BCUT2D eigenvalue weighted by Gasteiger charge is -2.10. The van der Waals surface area contributed by atoms with Crippen LogP contribution in [0.5, 0.6) is 5.75 Å². The summed E-state index contributed by atoms with van der Waals surface area (Å²) >= 11 is 5.30. The highest BCUT2D eigenvalue weighted by Gasteiger charge is 2.12. The summed E-state index contributed by atoms with van der Waals surface area (Å²) in [6.45, 7) is 2.94. The molecule has 0 saturated carbocycles. The Balaban J connectivity index is 1.62. The molecule has 0 spiro atoms. The van der Waals surface area contributed by atoms with E-state index in [-0.39, 0.29) is 24.7 Å². The molecule has 0 aliphatic carbocycles. The molecule has 30 heavy (non-hydrogen) atoms. The fourth-order valence-corrected chi connectivity index (χ4v) is 3.12. The van der Waals surface area contributed by atoms with Crippen LogP contribution in [0.3, 0.4) is 0 Å². The van der Waals surface area contributed by atoms with Crippen molar-refractivity contribution in [3.05, 3.63) is 58.6 Å². The van der Waals surface area contributed by atoms with E-state index in [1.54, 1.807) is 17.7 Å². The molecule has 1 heterocycles. The van der Waals surface area contributed by atoms with Gasteiger partial charge in [-0.1, -0.05) is 23.8 Å². The van der Waals surface area contributed by atoms with Crippen molar-refractivity contribution in [1.29, 1.82) is 0 Å². The minimum Gasteiger partial charge on any atom is -0.488 e. The number of anilines is 1. The number of aromatic nitrogens is 3. The summed E-state index contributed by atoms with van der Waals surface area (Å²) in [6, 6.07) is 12.2. The number of carbonyl (C=O) groups is 1. The summed E-state index contributed by atoms with van der Waals surface area (Å²) in [7, 11) is 1.54. The van der Waals surface area contributed by atoms with Crippen LogP contribution in [-0.2, 0) is 16.1 Å². The number of amides is 1. The Morgan fingerprint density at radius 2 is 2.10 bits per heavy atom. The molecule has 2 N–H and O–H groups in total. The van der Waals surface area contributed by atoms with E-state index < -0.39 is 5.82 Å². The van der Waals surface area contributed by atoms with Crippen LogP contribution in [0.15, 0.2) is 42.5 Å². The molecule has 0 aliphatic rings. The van der Waals surface area contributed by atoms with Gasteiger partial charge in [-0.05, 0) is 37.3 Å². The maximum atomic E-state index is 14.1. The normalized spacial score (nSPS) is 10.8. The van der Waals surface area contributed by atoms with Crippen molar-refractivity contribution in [3.63, 3.8) is 0 Å². The minimum atomic E-state index is -0.553. The number of hydrogen-bond acceptors (Lipinski definition) is 5. The number of nitrogens with zero attached hydrogens (tertiary/aromatic N) is 2. The molecule has 1 aromatic heterocycles. The molecule has 0 atom stereocenters. The molecule has 0 bridgehead atoms. The molecule has 0 fully saturated rings. The van der Waals surface area contributed by atoms with Crippen molar-refractivity contribution in [2.24, 2.45) is 0 Å². The van der Waals surface area contributed by atoms with Crippen molar-refractivity contribution in [3.8, 4) is 17.1 Å². The Hall–Kier alpha value is -3.04. The summed E-state index contributed by atoms with van der Waals surface area (Å²) < 4.78 is 26.5. The lowest BCUT2D eigenvalue weighted by Crippen LogP contribution is -2.15. The van der Waals surface area contributed by atoms with Gasteiger partial charge in [0.05, 0.1) is 6.61 Å². The minimum absolute atomic E-state index is 0.109. The second-order valence-corrected chi connectivity index (χ2v) is 7.04. The third-order valence-electron chi connectivity index (χ3n) is 4.36. The molecule has 158 valence electrons. The molecular weight excluding hydrogens is 407 g/mol.